The molecule has 0 heterocycles. The van der Waals surface area contributed by atoms with Gasteiger partial charge in [0.2, 0.25) is 0 Å². The third-order valence-electron chi connectivity index (χ3n) is 2.09. The zero-order valence-corrected chi connectivity index (χ0v) is 13.2. The Balaban J connectivity index is 0.000000345. The number of hydrogen-bond donors (Lipinski definition) is 2. The molecular weight excluding hydrogens is 300 g/mol. The van der Waals surface area contributed by atoms with Crippen molar-refractivity contribution in [3.63, 3.8) is 0 Å². The molecule has 23 heavy (non-hydrogen) atoms. The highest BCUT2D eigenvalue weighted by molar-refractivity contribution is 5.69. The topological polar surface area (TPSA) is 93.1 Å². The minimum Gasteiger partial charge on any atom is -0.504 e. The number of carbonyl (C=O) groups excluding carboxylic acids is 1. The van der Waals surface area contributed by atoms with Crippen LogP contribution in [-0.2, 0) is 9.59 Å². The van der Waals surface area contributed by atoms with Crippen LogP contribution in [0.3, 0.4) is 0 Å². The van der Waals surface area contributed by atoms with Crippen molar-refractivity contribution in [3.8, 4) is 17.2 Å². The van der Waals surface area contributed by atoms with E-state index in [-0.39, 0.29) is 11.7 Å². The average Bonchev–Trinajstić information content (AvgIpc) is 2.48. The van der Waals surface area contributed by atoms with Crippen molar-refractivity contribution >= 4 is 11.9 Å². The Kier molecular flexibility index (Phi) is 10.1. The number of phenols is 1. The Hall–Kier alpha value is -3.02. The van der Waals surface area contributed by atoms with Crippen molar-refractivity contribution in [2.24, 2.45) is 0 Å². The van der Waals surface area contributed by atoms with Crippen LogP contribution in [0.2, 0.25) is 0 Å². The molecule has 0 aromatic heterocycles. The molecular formula is C17H20O6. The number of hydrogen-bond acceptors (Lipinski definition) is 5. The number of carboxylic acids is 1. The highest BCUT2D eigenvalue weighted by Crippen LogP contribution is 2.23. The van der Waals surface area contributed by atoms with Crippen molar-refractivity contribution < 1.29 is 29.3 Å². The molecule has 2 aromatic rings. The zero-order valence-electron chi connectivity index (χ0n) is 13.2. The zero-order chi connectivity index (χ0) is 17.7. The minimum atomic E-state index is -0.833. The summed E-state index contributed by atoms with van der Waals surface area (Å²) in [6, 6.07) is 15.8. The summed E-state index contributed by atoms with van der Waals surface area (Å²) >= 11 is 0. The minimum absolute atomic E-state index is 0.181. The number of esters is 1. The Labute approximate surface area is 134 Å². The lowest BCUT2D eigenvalue weighted by atomic mass is 10.3. The van der Waals surface area contributed by atoms with Crippen LogP contribution in [-0.4, -0.2) is 29.3 Å². The smallest absolute Gasteiger partial charge is 0.308 e. The van der Waals surface area contributed by atoms with Gasteiger partial charge in [0.1, 0.15) is 5.75 Å². The molecule has 0 aliphatic rings. The molecule has 0 fully saturated rings. The Morgan fingerprint density at radius 3 is 1.78 bits per heavy atom. The van der Waals surface area contributed by atoms with Gasteiger partial charge in [0.25, 0.3) is 5.97 Å². The second kappa shape index (κ2) is 11.6. The van der Waals surface area contributed by atoms with E-state index < -0.39 is 5.97 Å². The molecule has 0 amide bonds. The van der Waals surface area contributed by atoms with E-state index >= 15 is 0 Å². The second-order valence-electron chi connectivity index (χ2n) is 4.10. The van der Waals surface area contributed by atoms with Gasteiger partial charge >= 0.3 is 5.97 Å². The number of para-hydroxylation sites is 3. The summed E-state index contributed by atoms with van der Waals surface area (Å²) in [4.78, 5) is 19.4. The quantitative estimate of drug-likeness (QED) is 0.652. The van der Waals surface area contributed by atoms with E-state index in [0.717, 1.165) is 6.92 Å². The molecule has 0 aliphatic carbocycles. The summed E-state index contributed by atoms with van der Waals surface area (Å²) < 4.78 is 9.57. The molecule has 0 radical (unpaired) electrons. The summed E-state index contributed by atoms with van der Waals surface area (Å²) in [6.45, 7) is 2.47. The van der Waals surface area contributed by atoms with Crippen LogP contribution in [0.1, 0.15) is 13.8 Å². The summed E-state index contributed by atoms with van der Waals surface area (Å²) in [5, 5.41) is 16.4. The highest BCUT2D eigenvalue weighted by Gasteiger charge is 1.94. The first-order chi connectivity index (χ1) is 10.9. The number of carbonyl (C=O) groups is 2. The van der Waals surface area contributed by atoms with Crippen LogP contribution >= 0.6 is 0 Å². The van der Waals surface area contributed by atoms with E-state index in [4.69, 9.17) is 24.5 Å². The van der Waals surface area contributed by atoms with Gasteiger partial charge in [0, 0.05) is 13.8 Å². The van der Waals surface area contributed by atoms with Crippen LogP contribution in [0.25, 0.3) is 0 Å². The van der Waals surface area contributed by atoms with Crippen molar-refractivity contribution in [2.75, 3.05) is 7.11 Å². The fourth-order valence-electron chi connectivity index (χ4n) is 1.28. The monoisotopic (exact) mass is 320 g/mol. The number of aromatic hydroxyl groups is 1. The number of ether oxygens (including phenoxy) is 2. The first-order valence-corrected chi connectivity index (χ1v) is 6.61. The first kappa shape index (κ1) is 20.0. The van der Waals surface area contributed by atoms with Gasteiger partial charge in [0.15, 0.2) is 11.5 Å². The molecule has 2 rings (SSSR count). The van der Waals surface area contributed by atoms with Gasteiger partial charge < -0.3 is 19.7 Å². The van der Waals surface area contributed by atoms with Gasteiger partial charge in [-0.05, 0) is 24.3 Å². The SMILES string of the molecule is CC(=O)O.CC(=O)Oc1ccccc1.COc1ccccc1O. The maximum atomic E-state index is 10.4. The maximum Gasteiger partial charge on any atom is 0.308 e. The fraction of sp³-hybridized carbons (Fsp3) is 0.176. The van der Waals surface area contributed by atoms with E-state index in [2.05, 4.69) is 0 Å². The van der Waals surface area contributed by atoms with E-state index in [1.807, 2.05) is 18.2 Å². The molecule has 2 aromatic carbocycles. The lowest BCUT2D eigenvalue weighted by molar-refractivity contribution is -0.134. The van der Waals surface area contributed by atoms with E-state index in [0.29, 0.717) is 11.5 Å². The number of rotatable bonds is 2. The van der Waals surface area contributed by atoms with Crippen molar-refractivity contribution in [1.29, 1.82) is 0 Å². The molecule has 2 N–H and O–H groups in total. The maximum absolute atomic E-state index is 10.4. The van der Waals surface area contributed by atoms with Gasteiger partial charge in [-0.25, -0.2) is 0 Å². The molecule has 0 saturated heterocycles. The normalized spacial score (nSPS) is 8.48. The molecule has 0 spiro atoms. The van der Waals surface area contributed by atoms with E-state index in [1.54, 1.807) is 36.4 Å². The fourth-order valence-corrected chi connectivity index (χ4v) is 1.28. The number of phenolic OH excluding ortho intramolecular Hbond substituents is 1. The predicted molar refractivity (Wildman–Crippen MR) is 85.7 cm³/mol. The van der Waals surface area contributed by atoms with Crippen LogP contribution < -0.4 is 9.47 Å². The predicted octanol–water partition coefficient (Wildman–Crippen LogP) is 3.10. The largest absolute Gasteiger partial charge is 0.504 e. The summed E-state index contributed by atoms with van der Waals surface area (Å²) in [7, 11) is 1.52. The van der Waals surface area contributed by atoms with Gasteiger partial charge in [-0.15, -0.1) is 0 Å². The molecule has 124 valence electrons. The Morgan fingerprint density at radius 1 is 0.913 bits per heavy atom. The third-order valence-corrected chi connectivity index (χ3v) is 2.09. The van der Waals surface area contributed by atoms with Crippen molar-refractivity contribution in [2.45, 2.75) is 13.8 Å². The Morgan fingerprint density at radius 2 is 1.39 bits per heavy atom. The van der Waals surface area contributed by atoms with Crippen LogP contribution in [0.15, 0.2) is 54.6 Å². The standard InChI is InChI=1S/C8H8O2.C7H8O2.C2H4O2/c1-7(9)10-8-5-3-2-4-6-8;1-9-7-5-3-2-4-6(7)8;1-2(3)4/h2-6H,1H3;2-5,8H,1H3;1H3,(H,3,4). The lowest BCUT2D eigenvalue weighted by Gasteiger charge is -1.99. The third kappa shape index (κ3) is 11.3. The lowest BCUT2D eigenvalue weighted by Crippen LogP contribution is -2.00. The highest BCUT2D eigenvalue weighted by atomic mass is 16.5. The molecule has 0 unspecified atom stereocenters. The second-order valence-corrected chi connectivity index (χ2v) is 4.10. The molecule has 6 nitrogen and oxygen atoms in total. The molecule has 0 saturated carbocycles. The number of carboxylic acid groups (broad SMARTS) is 1. The molecule has 6 heteroatoms. The van der Waals surface area contributed by atoms with Crippen LogP contribution in [0.4, 0.5) is 0 Å². The van der Waals surface area contributed by atoms with Crippen molar-refractivity contribution in [3.05, 3.63) is 54.6 Å². The van der Waals surface area contributed by atoms with Gasteiger partial charge in [-0.3, -0.25) is 9.59 Å². The van der Waals surface area contributed by atoms with Crippen LogP contribution in [0, 0.1) is 0 Å². The average molecular weight is 320 g/mol. The number of benzene rings is 2. The van der Waals surface area contributed by atoms with E-state index in [9.17, 15) is 4.79 Å². The summed E-state index contributed by atoms with van der Waals surface area (Å²) in [6.07, 6.45) is 0. The van der Waals surface area contributed by atoms with Crippen LogP contribution in [0.5, 0.6) is 17.2 Å². The summed E-state index contributed by atoms with van der Waals surface area (Å²) in [5.74, 6) is 0.165. The van der Waals surface area contributed by atoms with Crippen molar-refractivity contribution in [1.82, 2.24) is 0 Å². The number of aliphatic carboxylic acids is 1. The molecule has 0 aliphatic heterocycles. The molecule has 0 atom stereocenters. The van der Waals surface area contributed by atoms with Gasteiger partial charge in [-0.1, -0.05) is 30.3 Å². The Bertz CT molecular complexity index is 591. The summed E-state index contributed by atoms with van der Waals surface area (Å²) in [5.41, 5.74) is 0. The van der Waals surface area contributed by atoms with Gasteiger partial charge in [-0.2, -0.15) is 0 Å². The van der Waals surface area contributed by atoms with Gasteiger partial charge in [0.05, 0.1) is 7.11 Å². The first-order valence-electron chi connectivity index (χ1n) is 6.61. The molecule has 0 bridgehead atoms. The number of methoxy groups -OCH3 is 1. The van der Waals surface area contributed by atoms with E-state index in [1.165, 1.54) is 14.0 Å².